The molecular weight excluding hydrogens is 232 g/mol. The molecule has 0 spiro atoms. The zero-order valence-corrected chi connectivity index (χ0v) is 11.0. The van der Waals surface area contributed by atoms with Crippen LogP contribution in [0.4, 0.5) is 5.13 Å². The maximum atomic E-state index is 5.58. The first-order chi connectivity index (χ1) is 8.06. The second kappa shape index (κ2) is 4.71. The van der Waals surface area contributed by atoms with Crippen LogP contribution in [-0.2, 0) is 7.05 Å². The van der Waals surface area contributed by atoms with E-state index in [1.807, 2.05) is 29.3 Å². The average Bonchev–Trinajstić information content (AvgIpc) is 2.82. The third kappa shape index (κ3) is 2.74. The SMILES string of the molecule is CC(C)c1cc(C=Cc2csc(N)n2)n(C)n1. The van der Waals surface area contributed by atoms with Gasteiger partial charge in [-0.1, -0.05) is 13.8 Å². The van der Waals surface area contributed by atoms with Gasteiger partial charge in [-0.2, -0.15) is 5.10 Å². The van der Waals surface area contributed by atoms with Gasteiger partial charge in [-0.25, -0.2) is 4.98 Å². The number of aryl methyl sites for hydroxylation is 1. The maximum absolute atomic E-state index is 5.58. The lowest BCUT2D eigenvalue weighted by Gasteiger charge is -1.95. The van der Waals surface area contributed by atoms with Crippen molar-refractivity contribution in [3.63, 3.8) is 0 Å². The van der Waals surface area contributed by atoms with E-state index in [9.17, 15) is 0 Å². The Hall–Kier alpha value is -1.62. The van der Waals surface area contributed by atoms with E-state index in [1.54, 1.807) is 0 Å². The lowest BCUT2D eigenvalue weighted by Crippen LogP contribution is -1.94. The molecule has 0 aliphatic heterocycles. The fourth-order valence-electron chi connectivity index (χ4n) is 1.49. The van der Waals surface area contributed by atoms with E-state index in [2.05, 4.69) is 30.0 Å². The molecule has 0 aliphatic carbocycles. The Balaban J connectivity index is 2.21. The van der Waals surface area contributed by atoms with Crippen molar-refractivity contribution < 1.29 is 0 Å². The van der Waals surface area contributed by atoms with Crippen molar-refractivity contribution in [2.45, 2.75) is 19.8 Å². The standard InChI is InChI=1S/C12H16N4S/c1-8(2)11-6-10(16(3)15-11)5-4-9-7-17-12(13)14-9/h4-8H,1-3H3,(H2,13,14). The largest absolute Gasteiger partial charge is 0.375 e. The minimum Gasteiger partial charge on any atom is -0.375 e. The summed E-state index contributed by atoms with van der Waals surface area (Å²) < 4.78 is 1.88. The van der Waals surface area contributed by atoms with E-state index in [-0.39, 0.29) is 0 Å². The zero-order valence-electron chi connectivity index (χ0n) is 10.2. The van der Waals surface area contributed by atoms with Crippen LogP contribution in [0, 0.1) is 0 Å². The van der Waals surface area contributed by atoms with E-state index in [1.165, 1.54) is 11.3 Å². The molecule has 2 aromatic heterocycles. The lowest BCUT2D eigenvalue weighted by molar-refractivity contribution is 0.709. The van der Waals surface area contributed by atoms with Gasteiger partial charge in [0.2, 0.25) is 0 Å². The van der Waals surface area contributed by atoms with Crippen LogP contribution in [-0.4, -0.2) is 14.8 Å². The number of hydrogen-bond donors (Lipinski definition) is 1. The van der Waals surface area contributed by atoms with Gasteiger partial charge in [0.15, 0.2) is 5.13 Å². The molecule has 90 valence electrons. The zero-order chi connectivity index (χ0) is 12.4. The normalized spacial score (nSPS) is 11.8. The summed E-state index contributed by atoms with van der Waals surface area (Å²) in [5.41, 5.74) is 8.64. The van der Waals surface area contributed by atoms with Gasteiger partial charge in [0.25, 0.3) is 0 Å². The smallest absolute Gasteiger partial charge is 0.180 e. The Morgan fingerprint density at radius 1 is 1.41 bits per heavy atom. The van der Waals surface area contributed by atoms with E-state index < -0.39 is 0 Å². The number of aromatic nitrogens is 3. The molecule has 5 heteroatoms. The molecule has 4 nitrogen and oxygen atoms in total. The second-order valence-corrected chi connectivity index (χ2v) is 5.11. The molecule has 0 saturated carbocycles. The highest BCUT2D eigenvalue weighted by Gasteiger charge is 2.05. The van der Waals surface area contributed by atoms with Crippen molar-refractivity contribution in [3.05, 3.63) is 28.5 Å². The predicted octanol–water partition coefficient (Wildman–Crippen LogP) is 2.75. The molecule has 0 radical (unpaired) electrons. The first kappa shape index (κ1) is 11.9. The predicted molar refractivity (Wildman–Crippen MR) is 72.8 cm³/mol. The molecule has 0 bridgehead atoms. The fraction of sp³-hybridized carbons (Fsp3) is 0.333. The Morgan fingerprint density at radius 2 is 2.18 bits per heavy atom. The van der Waals surface area contributed by atoms with E-state index in [4.69, 9.17) is 5.73 Å². The third-order valence-electron chi connectivity index (χ3n) is 2.49. The number of nitrogen functional groups attached to an aromatic ring is 1. The van der Waals surface area contributed by atoms with Crippen LogP contribution in [0.5, 0.6) is 0 Å². The molecule has 17 heavy (non-hydrogen) atoms. The van der Waals surface area contributed by atoms with Gasteiger partial charge in [-0.05, 0) is 24.1 Å². The van der Waals surface area contributed by atoms with Crippen molar-refractivity contribution in [2.24, 2.45) is 7.05 Å². The highest BCUT2D eigenvalue weighted by molar-refractivity contribution is 7.13. The van der Waals surface area contributed by atoms with Crippen LogP contribution in [0.1, 0.15) is 36.8 Å². The average molecular weight is 248 g/mol. The minimum atomic E-state index is 0.443. The molecule has 2 rings (SSSR count). The van der Waals surface area contributed by atoms with Gasteiger partial charge in [-0.3, -0.25) is 4.68 Å². The monoisotopic (exact) mass is 248 g/mol. The minimum absolute atomic E-state index is 0.443. The number of hydrogen-bond acceptors (Lipinski definition) is 4. The molecule has 0 fully saturated rings. The summed E-state index contributed by atoms with van der Waals surface area (Å²) >= 11 is 1.45. The van der Waals surface area contributed by atoms with Crippen LogP contribution in [0.2, 0.25) is 0 Å². The fourth-order valence-corrected chi connectivity index (χ4v) is 2.02. The molecule has 2 N–H and O–H groups in total. The molecule has 2 heterocycles. The quantitative estimate of drug-likeness (QED) is 0.908. The van der Waals surface area contributed by atoms with Gasteiger partial charge in [0, 0.05) is 12.4 Å². The van der Waals surface area contributed by atoms with Gasteiger partial charge in [0.05, 0.1) is 17.1 Å². The number of nitrogens with zero attached hydrogens (tertiary/aromatic N) is 3. The molecule has 0 amide bonds. The van der Waals surface area contributed by atoms with Gasteiger partial charge >= 0.3 is 0 Å². The first-order valence-corrected chi connectivity index (χ1v) is 6.37. The number of thiazole rings is 1. The number of anilines is 1. The maximum Gasteiger partial charge on any atom is 0.180 e. The summed E-state index contributed by atoms with van der Waals surface area (Å²) in [6.07, 6.45) is 3.96. The number of rotatable bonds is 3. The van der Waals surface area contributed by atoms with Gasteiger partial charge in [0.1, 0.15) is 0 Å². The number of nitrogens with two attached hydrogens (primary N) is 1. The molecule has 0 saturated heterocycles. The Bertz CT molecular complexity index is 536. The summed E-state index contributed by atoms with van der Waals surface area (Å²) in [5, 5.41) is 6.98. The summed E-state index contributed by atoms with van der Waals surface area (Å²) in [5.74, 6) is 0.443. The van der Waals surface area contributed by atoms with Crippen LogP contribution in [0.25, 0.3) is 12.2 Å². The van der Waals surface area contributed by atoms with Crippen molar-refractivity contribution in [1.29, 1.82) is 0 Å². The summed E-state index contributed by atoms with van der Waals surface area (Å²) in [6.45, 7) is 4.27. The van der Waals surface area contributed by atoms with Crippen molar-refractivity contribution >= 4 is 28.6 Å². The second-order valence-electron chi connectivity index (χ2n) is 4.22. The highest BCUT2D eigenvalue weighted by Crippen LogP contribution is 2.17. The molecule has 0 atom stereocenters. The Morgan fingerprint density at radius 3 is 2.71 bits per heavy atom. The molecule has 0 unspecified atom stereocenters. The molecular formula is C12H16N4S. The summed E-state index contributed by atoms with van der Waals surface area (Å²) in [4.78, 5) is 4.18. The van der Waals surface area contributed by atoms with E-state index >= 15 is 0 Å². The lowest BCUT2D eigenvalue weighted by atomic mass is 10.1. The summed E-state index contributed by atoms with van der Waals surface area (Å²) in [7, 11) is 1.95. The van der Waals surface area contributed by atoms with Crippen LogP contribution in [0.3, 0.4) is 0 Å². The van der Waals surface area contributed by atoms with E-state index in [0.29, 0.717) is 11.0 Å². The van der Waals surface area contributed by atoms with Crippen LogP contribution >= 0.6 is 11.3 Å². The van der Waals surface area contributed by atoms with Gasteiger partial charge in [-0.15, -0.1) is 11.3 Å². The first-order valence-electron chi connectivity index (χ1n) is 5.49. The van der Waals surface area contributed by atoms with Crippen molar-refractivity contribution in [3.8, 4) is 0 Å². The topological polar surface area (TPSA) is 56.7 Å². The van der Waals surface area contributed by atoms with Gasteiger partial charge < -0.3 is 5.73 Å². The van der Waals surface area contributed by atoms with Crippen LogP contribution < -0.4 is 5.73 Å². The van der Waals surface area contributed by atoms with Crippen molar-refractivity contribution in [2.75, 3.05) is 5.73 Å². The van der Waals surface area contributed by atoms with E-state index in [0.717, 1.165) is 17.1 Å². The Labute approximate surface area is 105 Å². The molecule has 2 aromatic rings. The molecule has 0 aliphatic rings. The highest BCUT2D eigenvalue weighted by atomic mass is 32.1. The van der Waals surface area contributed by atoms with Crippen LogP contribution in [0.15, 0.2) is 11.4 Å². The third-order valence-corrected chi connectivity index (χ3v) is 3.18. The van der Waals surface area contributed by atoms with Crippen molar-refractivity contribution in [1.82, 2.24) is 14.8 Å². The molecule has 0 aromatic carbocycles. The summed E-state index contributed by atoms with van der Waals surface area (Å²) in [6, 6.07) is 2.09. The Kier molecular flexibility index (Phi) is 3.28.